The number of halogens is 4. The molecule has 0 aromatic heterocycles. The van der Waals surface area contributed by atoms with Gasteiger partial charge in [0.25, 0.3) is 0 Å². The molecule has 25 heavy (non-hydrogen) atoms. The van der Waals surface area contributed by atoms with Crippen LogP contribution >= 0.6 is 11.6 Å². The lowest BCUT2D eigenvalue weighted by molar-refractivity contribution is -0.137. The van der Waals surface area contributed by atoms with Crippen LogP contribution in [0.25, 0.3) is 0 Å². The smallest absolute Gasteiger partial charge is 0.274 e. The van der Waals surface area contributed by atoms with E-state index in [-0.39, 0.29) is 22.5 Å². The molecule has 0 N–H and O–H groups in total. The van der Waals surface area contributed by atoms with Crippen molar-refractivity contribution in [3.05, 3.63) is 40.9 Å². The van der Waals surface area contributed by atoms with E-state index in [9.17, 15) is 22.8 Å². The molecule has 1 aromatic carbocycles. The zero-order valence-electron chi connectivity index (χ0n) is 12.8. The Hall–Kier alpha value is -1.82. The molecular weight excluding hydrogens is 355 g/mol. The van der Waals surface area contributed by atoms with Crippen LogP contribution < -0.4 is 4.90 Å². The van der Waals surface area contributed by atoms with Gasteiger partial charge in [-0.25, -0.2) is 4.90 Å². The van der Waals surface area contributed by atoms with E-state index in [1.807, 2.05) is 12.2 Å². The predicted octanol–water partition coefficient (Wildman–Crippen LogP) is 3.92. The molecule has 1 saturated heterocycles. The zero-order valence-corrected chi connectivity index (χ0v) is 13.6. The van der Waals surface area contributed by atoms with Gasteiger partial charge in [0.15, 0.2) is 0 Å². The third-order valence-corrected chi connectivity index (χ3v) is 6.50. The van der Waals surface area contributed by atoms with Crippen molar-refractivity contribution in [3.8, 4) is 0 Å². The van der Waals surface area contributed by atoms with Gasteiger partial charge in [-0.15, -0.1) is 0 Å². The van der Waals surface area contributed by atoms with Gasteiger partial charge >= 0.3 is 6.18 Å². The highest BCUT2D eigenvalue weighted by Gasteiger charge is 2.67. The molecule has 2 amide bonds. The molecule has 1 heterocycles. The molecule has 5 aliphatic rings. The number of nitrogens with zero attached hydrogens (tertiary/aromatic N) is 1. The quantitative estimate of drug-likeness (QED) is 0.557. The number of allylic oxidation sites excluding steroid dienone is 2. The fraction of sp³-hybridized carbons (Fsp3) is 0.444. The molecule has 3 fully saturated rings. The first kappa shape index (κ1) is 15.4. The summed E-state index contributed by atoms with van der Waals surface area (Å²) in [5.41, 5.74) is -1.08. The van der Waals surface area contributed by atoms with Gasteiger partial charge in [0, 0.05) is 0 Å². The first-order chi connectivity index (χ1) is 11.8. The third kappa shape index (κ3) is 1.94. The van der Waals surface area contributed by atoms with Crippen molar-refractivity contribution in [1.82, 2.24) is 0 Å². The molecule has 1 aromatic rings. The van der Waals surface area contributed by atoms with E-state index in [2.05, 4.69) is 0 Å². The Morgan fingerprint density at radius 3 is 2.08 bits per heavy atom. The summed E-state index contributed by atoms with van der Waals surface area (Å²) in [7, 11) is 0. The summed E-state index contributed by atoms with van der Waals surface area (Å²) in [6.45, 7) is 0. The minimum Gasteiger partial charge on any atom is -0.274 e. The predicted molar refractivity (Wildman–Crippen MR) is 83.6 cm³/mol. The van der Waals surface area contributed by atoms with Crippen LogP contribution in [-0.4, -0.2) is 11.8 Å². The van der Waals surface area contributed by atoms with Crippen LogP contribution in [0.5, 0.6) is 0 Å². The van der Waals surface area contributed by atoms with Crippen LogP contribution in [-0.2, 0) is 15.8 Å². The normalized spacial score (nSPS) is 38.2. The van der Waals surface area contributed by atoms with Crippen molar-refractivity contribution >= 4 is 29.1 Å². The van der Waals surface area contributed by atoms with Crippen LogP contribution in [0.4, 0.5) is 18.9 Å². The molecule has 4 aliphatic carbocycles. The molecule has 7 heteroatoms. The first-order valence-electron chi connectivity index (χ1n) is 8.22. The zero-order chi connectivity index (χ0) is 17.7. The van der Waals surface area contributed by atoms with E-state index in [0.29, 0.717) is 11.8 Å². The van der Waals surface area contributed by atoms with Crippen LogP contribution in [0.1, 0.15) is 12.0 Å². The van der Waals surface area contributed by atoms with Gasteiger partial charge in [-0.2, -0.15) is 13.2 Å². The summed E-state index contributed by atoms with van der Waals surface area (Å²) in [6.07, 6.45) is 0.491. The van der Waals surface area contributed by atoms with Gasteiger partial charge < -0.3 is 0 Å². The van der Waals surface area contributed by atoms with Gasteiger partial charge in [-0.05, 0) is 48.3 Å². The highest BCUT2D eigenvalue weighted by Crippen LogP contribution is 2.65. The van der Waals surface area contributed by atoms with Gasteiger partial charge in [-0.3, -0.25) is 9.59 Å². The van der Waals surface area contributed by atoms with Crippen molar-refractivity contribution in [2.75, 3.05) is 4.90 Å². The van der Waals surface area contributed by atoms with Gasteiger partial charge in [0.2, 0.25) is 11.8 Å². The molecule has 6 atom stereocenters. The average Bonchev–Trinajstić information content (AvgIpc) is 3.32. The SMILES string of the molecule is O=C1[C@@H]2[C@H]3C=C[C@@H]([C@@H]4C[C@H]34)[C@@H]2C(=O)N1c1cc(C(F)(F)F)ccc1Cl. The van der Waals surface area contributed by atoms with E-state index >= 15 is 0 Å². The first-order valence-corrected chi connectivity index (χ1v) is 8.59. The molecule has 130 valence electrons. The number of rotatable bonds is 1. The average molecular weight is 368 g/mol. The van der Waals surface area contributed by atoms with Gasteiger partial charge in [0.05, 0.1) is 28.1 Å². The molecule has 1 aliphatic heterocycles. The number of hydrogen-bond acceptors (Lipinski definition) is 2. The van der Waals surface area contributed by atoms with Crippen molar-refractivity contribution < 1.29 is 22.8 Å². The summed E-state index contributed by atoms with van der Waals surface area (Å²) in [5, 5.41) is -0.0289. The molecule has 3 nitrogen and oxygen atoms in total. The molecule has 0 unspecified atom stereocenters. The largest absolute Gasteiger partial charge is 0.416 e. The molecule has 0 radical (unpaired) electrons. The second-order valence-corrected chi connectivity index (χ2v) is 7.74. The maximum Gasteiger partial charge on any atom is 0.416 e. The van der Waals surface area contributed by atoms with Gasteiger partial charge in [-0.1, -0.05) is 23.8 Å². The Morgan fingerprint density at radius 2 is 1.56 bits per heavy atom. The number of imide groups is 1. The second-order valence-electron chi connectivity index (χ2n) is 7.33. The summed E-state index contributed by atoms with van der Waals surface area (Å²) in [6, 6.07) is 2.74. The standard InChI is InChI=1S/C18H13ClF3NO2/c19-12-4-1-7(18(20,21)22)5-13(12)23-16(24)14-8-2-3-9(11-6-10(8)11)15(14)17(23)25/h1-5,8-11,14-15H,6H2/t8-,9-,10-,11+,14-,15+/m0/s1. The molecule has 2 bridgehead atoms. The maximum absolute atomic E-state index is 13.0. The summed E-state index contributed by atoms with van der Waals surface area (Å²) in [4.78, 5) is 26.8. The van der Waals surface area contributed by atoms with Crippen molar-refractivity contribution in [2.45, 2.75) is 12.6 Å². The molecule has 2 saturated carbocycles. The monoisotopic (exact) mass is 367 g/mol. The highest BCUT2D eigenvalue weighted by molar-refractivity contribution is 6.36. The number of alkyl halides is 3. The molecule has 6 rings (SSSR count). The fourth-order valence-corrected chi connectivity index (χ4v) is 5.26. The fourth-order valence-electron chi connectivity index (χ4n) is 5.05. The lowest BCUT2D eigenvalue weighted by atomic mass is 9.63. The Bertz CT molecular complexity index is 813. The summed E-state index contributed by atoms with van der Waals surface area (Å²) < 4.78 is 39.1. The number of carbonyl (C=O) groups is 2. The van der Waals surface area contributed by atoms with E-state index in [1.165, 1.54) is 0 Å². The van der Waals surface area contributed by atoms with Crippen molar-refractivity contribution in [2.24, 2.45) is 35.5 Å². The Morgan fingerprint density at radius 1 is 1.00 bits per heavy atom. The minimum absolute atomic E-state index is 0.0195. The molecular formula is C18H13ClF3NO2. The Labute approximate surface area is 146 Å². The number of amides is 2. The maximum atomic E-state index is 13.0. The van der Waals surface area contributed by atoms with E-state index < -0.39 is 35.4 Å². The van der Waals surface area contributed by atoms with E-state index in [0.717, 1.165) is 29.5 Å². The highest BCUT2D eigenvalue weighted by atomic mass is 35.5. The van der Waals surface area contributed by atoms with Crippen LogP contribution in [0.2, 0.25) is 5.02 Å². The van der Waals surface area contributed by atoms with Crippen LogP contribution in [0, 0.1) is 35.5 Å². The van der Waals surface area contributed by atoms with Gasteiger partial charge in [0.1, 0.15) is 0 Å². The second kappa shape index (κ2) is 4.67. The number of hydrogen-bond donors (Lipinski definition) is 0. The summed E-state index contributed by atoms with van der Waals surface area (Å²) >= 11 is 6.05. The lowest BCUT2D eigenvalue weighted by Crippen LogP contribution is -2.40. The van der Waals surface area contributed by atoms with Crippen LogP contribution in [0.3, 0.4) is 0 Å². The number of anilines is 1. The Balaban J connectivity index is 1.59. The lowest BCUT2D eigenvalue weighted by Gasteiger charge is -2.37. The van der Waals surface area contributed by atoms with Crippen molar-refractivity contribution in [1.29, 1.82) is 0 Å². The number of benzene rings is 1. The minimum atomic E-state index is -4.57. The third-order valence-electron chi connectivity index (χ3n) is 6.18. The Kier molecular flexibility index (Phi) is 2.88. The topological polar surface area (TPSA) is 37.4 Å². The van der Waals surface area contributed by atoms with Crippen LogP contribution in [0.15, 0.2) is 30.4 Å². The molecule has 0 spiro atoms. The summed E-state index contributed by atoms with van der Waals surface area (Å²) in [5.74, 6) is -0.845. The number of carbonyl (C=O) groups excluding carboxylic acids is 2. The van der Waals surface area contributed by atoms with E-state index in [4.69, 9.17) is 11.6 Å². The van der Waals surface area contributed by atoms with E-state index in [1.54, 1.807) is 0 Å². The van der Waals surface area contributed by atoms with Crippen molar-refractivity contribution in [3.63, 3.8) is 0 Å².